The SMILES string of the molecule is CCNC(C)c1cccnc1N1CCC(CO)C1. The van der Waals surface area contributed by atoms with Crippen LogP contribution in [0.1, 0.15) is 31.9 Å². The molecule has 1 fully saturated rings. The normalized spacial score (nSPS) is 21.3. The fourth-order valence-corrected chi connectivity index (χ4v) is 2.60. The molecule has 18 heavy (non-hydrogen) atoms. The number of aliphatic hydroxyl groups is 1. The van der Waals surface area contributed by atoms with Crippen molar-refractivity contribution in [3.05, 3.63) is 23.9 Å². The number of hydrogen-bond acceptors (Lipinski definition) is 4. The van der Waals surface area contributed by atoms with Crippen LogP contribution in [0, 0.1) is 5.92 Å². The summed E-state index contributed by atoms with van der Waals surface area (Å²) in [7, 11) is 0. The summed E-state index contributed by atoms with van der Waals surface area (Å²) >= 11 is 0. The number of aliphatic hydroxyl groups excluding tert-OH is 1. The Balaban J connectivity index is 2.17. The van der Waals surface area contributed by atoms with Gasteiger partial charge in [-0.15, -0.1) is 0 Å². The average molecular weight is 249 g/mol. The lowest BCUT2D eigenvalue weighted by molar-refractivity contribution is 0.238. The monoisotopic (exact) mass is 249 g/mol. The molecule has 0 aliphatic carbocycles. The second-order valence-electron chi connectivity index (χ2n) is 4.98. The molecule has 0 radical (unpaired) electrons. The minimum atomic E-state index is 0.279. The summed E-state index contributed by atoms with van der Waals surface area (Å²) in [5, 5.41) is 12.7. The Bertz CT molecular complexity index is 383. The van der Waals surface area contributed by atoms with Gasteiger partial charge in [-0.2, -0.15) is 0 Å². The number of hydrogen-bond donors (Lipinski definition) is 2. The van der Waals surface area contributed by atoms with Crippen molar-refractivity contribution < 1.29 is 5.11 Å². The number of aromatic nitrogens is 1. The van der Waals surface area contributed by atoms with Crippen LogP contribution in [0.25, 0.3) is 0 Å². The van der Waals surface area contributed by atoms with Crippen LogP contribution < -0.4 is 10.2 Å². The van der Waals surface area contributed by atoms with Gasteiger partial charge >= 0.3 is 0 Å². The second kappa shape index (κ2) is 6.16. The first kappa shape index (κ1) is 13.3. The highest BCUT2D eigenvalue weighted by molar-refractivity contribution is 5.49. The zero-order chi connectivity index (χ0) is 13.0. The number of pyridine rings is 1. The van der Waals surface area contributed by atoms with Crippen molar-refractivity contribution in [2.75, 3.05) is 31.1 Å². The quantitative estimate of drug-likeness (QED) is 0.831. The summed E-state index contributed by atoms with van der Waals surface area (Å²) in [5.74, 6) is 1.47. The topological polar surface area (TPSA) is 48.4 Å². The fraction of sp³-hybridized carbons (Fsp3) is 0.643. The molecule has 4 heteroatoms. The smallest absolute Gasteiger partial charge is 0.133 e. The van der Waals surface area contributed by atoms with Crippen molar-refractivity contribution in [3.63, 3.8) is 0 Å². The molecule has 1 aliphatic rings. The molecule has 0 aromatic carbocycles. The van der Waals surface area contributed by atoms with Crippen LogP contribution in [0.3, 0.4) is 0 Å². The first-order valence-corrected chi connectivity index (χ1v) is 6.80. The Morgan fingerprint density at radius 2 is 2.44 bits per heavy atom. The van der Waals surface area contributed by atoms with E-state index in [2.05, 4.69) is 35.1 Å². The van der Waals surface area contributed by atoms with Crippen molar-refractivity contribution in [2.24, 2.45) is 5.92 Å². The Morgan fingerprint density at radius 1 is 1.61 bits per heavy atom. The lowest BCUT2D eigenvalue weighted by Crippen LogP contribution is -2.26. The molecule has 0 saturated carbocycles. The predicted octanol–water partition coefficient (Wildman–Crippen LogP) is 1.57. The zero-order valence-corrected chi connectivity index (χ0v) is 11.3. The van der Waals surface area contributed by atoms with E-state index in [1.54, 1.807) is 0 Å². The van der Waals surface area contributed by atoms with Crippen LogP contribution in [0.4, 0.5) is 5.82 Å². The molecule has 4 nitrogen and oxygen atoms in total. The van der Waals surface area contributed by atoms with Gasteiger partial charge in [-0.1, -0.05) is 13.0 Å². The van der Waals surface area contributed by atoms with Gasteiger partial charge in [-0.05, 0) is 26.0 Å². The van der Waals surface area contributed by atoms with Crippen LogP contribution in [0.2, 0.25) is 0 Å². The highest BCUT2D eigenvalue weighted by atomic mass is 16.3. The van der Waals surface area contributed by atoms with E-state index in [0.717, 1.165) is 31.9 Å². The minimum Gasteiger partial charge on any atom is -0.396 e. The fourth-order valence-electron chi connectivity index (χ4n) is 2.60. The van der Waals surface area contributed by atoms with E-state index in [1.165, 1.54) is 5.56 Å². The van der Waals surface area contributed by atoms with E-state index in [1.807, 2.05) is 12.3 Å². The van der Waals surface area contributed by atoms with Crippen LogP contribution in [0.5, 0.6) is 0 Å². The minimum absolute atomic E-state index is 0.279. The number of anilines is 1. The summed E-state index contributed by atoms with van der Waals surface area (Å²) < 4.78 is 0. The number of rotatable bonds is 5. The summed E-state index contributed by atoms with van der Waals surface area (Å²) in [6.45, 7) is 7.43. The molecule has 1 aromatic rings. The van der Waals surface area contributed by atoms with Gasteiger partial charge in [0.15, 0.2) is 0 Å². The molecule has 1 aromatic heterocycles. The van der Waals surface area contributed by atoms with Gasteiger partial charge < -0.3 is 15.3 Å². The highest BCUT2D eigenvalue weighted by Crippen LogP contribution is 2.28. The van der Waals surface area contributed by atoms with Crippen LogP contribution in [0.15, 0.2) is 18.3 Å². The van der Waals surface area contributed by atoms with E-state index in [0.29, 0.717) is 12.0 Å². The lowest BCUT2D eigenvalue weighted by Gasteiger charge is -2.23. The molecule has 2 rings (SSSR count). The summed E-state index contributed by atoms with van der Waals surface area (Å²) in [6.07, 6.45) is 2.91. The molecule has 1 aliphatic heterocycles. The molecule has 0 spiro atoms. The zero-order valence-electron chi connectivity index (χ0n) is 11.3. The van der Waals surface area contributed by atoms with Crippen molar-refractivity contribution in [1.82, 2.24) is 10.3 Å². The van der Waals surface area contributed by atoms with Crippen LogP contribution in [-0.4, -0.2) is 36.3 Å². The number of nitrogens with zero attached hydrogens (tertiary/aromatic N) is 2. The van der Waals surface area contributed by atoms with E-state index in [-0.39, 0.29) is 6.61 Å². The van der Waals surface area contributed by atoms with E-state index < -0.39 is 0 Å². The van der Waals surface area contributed by atoms with Crippen molar-refractivity contribution in [1.29, 1.82) is 0 Å². The highest BCUT2D eigenvalue weighted by Gasteiger charge is 2.25. The lowest BCUT2D eigenvalue weighted by atomic mass is 10.1. The third-order valence-electron chi connectivity index (χ3n) is 3.64. The Hall–Kier alpha value is -1.13. The van der Waals surface area contributed by atoms with E-state index in [4.69, 9.17) is 0 Å². The largest absolute Gasteiger partial charge is 0.396 e. The Kier molecular flexibility index (Phi) is 4.55. The third-order valence-corrected chi connectivity index (χ3v) is 3.64. The van der Waals surface area contributed by atoms with Gasteiger partial charge in [0.1, 0.15) is 5.82 Å². The van der Waals surface area contributed by atoms with Crippen molar-refractivity contribution >= 4 is 5.82 Å². The van der Waals surface area contributed by atoms with Crippen molar-refractivity contribution in [2.45, 2.75) is 26.3 Å². The predicted molar refractivity (Wildman–Crippen MR) is 73.7 cm³/mol. The maximum Gasteiger partial charge on any atom is 0.133 e. The summed E-state index contributed by atoms with van der Waals surface area (Å²) in [6, 6.07) is 4.45. The molecule has 2 heterocycles. The first-order valence-electron chi connectivity index (χ1n) is 6.80. The Labute approximate surface area is 109 Å². The molecule has 2 atom stereocenters. The van der Waals surface area contributed by atoms with Gasteiger partial charge in [0, 0.05) is 43.4 Å². The van der Waals surface area contributed by atoms with Crippen molar-refractivity contribution in [3.8, 4) is 0 Å². The second-order valence-corrected chi connectivity index (χ2v) is 4.98. The molecular formula is C14H23N3O. The van der Waals surface area contributed by atoms with Gasteiger partial charge in [0.05, 0.1) is 0 Å². The summed E-state index contributed by atoms with van der Waals surface area (Å²) in [5.41, 5.74) is 1.25. The van der Waals surface area contributed by atoms with Gasteiger partial charge in [-0.3, -0.25) is 0 Å². The van der Waals surface area contributed by atoms with Crippen LogP contribution in [-0.2, 0) is 0 Å². The molecule has 2 N–H and O–H groups in total. The maximum atomic E-state index is 9.23. The van der Waals surface area contributed by atoms with Gasteiger partial charge in [-0.25, -0.2) is 4.98 Å². The van der Waals surface area contributed by atoms with E-state index in [9.17, 15) is 5.11 Å². The number of nitrogens with one attached hydrogen (secondary N) is 1. The van der Waals surface area contributed by atoms with E-state index >= 15 is 0 Å². The van der Waals surface area contributed by atoms with Gasteiger partial charge in [0.2, 0.25) is 0 Å². The van der Waals surface area contributed by atoms with Gasteiger partial charge in [0.25, 0.3) is 0 Å². The molecule has 0 bridgehead atoms. The average Bonchev–Trinajstić information content (AvgIpc) is 2.87. The maximum absolute atomic E-state index is 9.23. The summed E-state index contributed by atoms with van der Waals surface area (Å²) in [4.78, 5) is 6.83. The Morgan fingerprint density at radius 3 is 3.11 bits per heavy atom. The first-order chi connectivity index (χ1) is 8.76. The third kappa shape index (κ3) is 2.82. The standard InChI is InChI=1S/C14H23N3O/c1-3-15-11(2)13-5-4-7-16-14(13)17-8-6-12(9-17)10-18/h4-5,7,11-12,15,18H,3,6,8-10H2,1-2H3. The molecule has 0 amide bonds. The molecule has 1 saturated heterocycles. The molecule has 2 unspecified atom stereocenters. The van der Waals surface area contributed by atoms with Crippen LogP contribution >= 0.6 is 0 Å². The molecule has 100 valence electrons. The molecular weight excluding hydrogens is 226 g/mol.